The number of benzene rings is 2. The van der Waals surface area contributed by atoms with E-state index in [0.717, 1.165) is 5.56 Å². The Bertz CT molecular complexity index is 669. The van der Waals surface area contributed by atoms with Gasteiger partial charge in [0.1, 0.15) is 6.61 Å². The normalized spacial score (nSPS) is 9.50. The number of aliphatic hydroxyl groups is 1. The van der Waals surface area contributed by atoms with Gasteiger partial charge < -0.3 is 10.4 Å². The van der Waals surface area contributed by atoms with E-state index in [1.54, 1.807) is 48.5 Å². The van der Waals surface area contributed by atoms with Gasteiger partial charge in [0.05, 0.1) is 0 Å². The highest BCUT2D eigenvalue weighted by molar-refractivity contribution is 6.30. The zero-order chi connectivity index (χ0) is 14.4. The third-order valence-electron chi connectivity index (χ3n) is 2.54. The lowest BCUT2D eigenvalue weighted by Crippen LogP contribution is -2.11. The molecule has 20 heavy (non-hydrogen) atoms. The van der Waals surface area contributed by atoms with E-state index in [1.165, 1.54) is 0 Å². The minimum atomic E-state index is -0.214. The smallest absolute Gasteiger partial charge is 0.255 e. The molecule has 2 N–H and O–H groups in total. The second-order valence-electron chi connectivity index (χ2n) is 4.00. The van der Waals surface area contributed by atoms with Crippen molar-refractivity contribution in [3.05, 3.63) is 64.7 Å². The third-order valence-corrected chi connectivity index (χ3v) is 2.78. The van der Waals surface area contributed by atoms with E-state index in [2.05, 4.69) is 17.2 Å². The Hall–Kier alpha value is -2.28. The minimum Gasteiger partial charge on any atom is -0.384 e. The Balaban J connectivity index is 2.09. The Morgan fingerprint density at radius 2 is 1.95 bits per heavy atom. The van der Waals surface area contributed by atoms with Crippen LogP contribution in [0.1, 0.15) is 15.9 Å². The zero-order valence-electron chi connectivity index (χ0n) is 10.6. The van der Waals surface area contributed by atoms with E-state index in [-0.39, 0.29) is 12.5 Å². The molecule has 100 valence electrons. The largest absolute Gasteiger partial charge is 0.384 e. The van der Waals surface area contributed by atoms with Crippen LogP contribution in [0.15, 0.2) is 48.5 Å². The first-order chi connectivity index (χ1) is 9.69. The van der Waals surface area contributed by atoms with Crippen LogP contribution in [0.2, 0.25) is 5.02 Å². The van der Waals surface area contributed by atoms with Gasteiger partial charge in [0, 0.05) is 21.8 Å². The molecule has 0 aliphatic carbocycles. The molecule has 0 atom stereocenters. The van der Waals surface area contributed by atoms with Crippen LogP contribution < -0.4 is 5.32 Å². The summed E-state index contributed by atoms with van der Waals surface area (Å²) >= 11 is 5.86. The van der Waals surface area contributed by atoms with Crippen molar-refractivity contribution in [1.82, 2.24) is 0 Å². The van der Waals surface area contributed by atoms with Gasteiger partial charge >= 0.3 is 0 Å². The van der Waals surface area contributed by atoms with Crippen LogP contribution in [0.3, 0.4) is 0 Å². The highest BCUT2D eigenvalue weighted by Gasteiger charge is 2.05. The van der Waals surface area contributed by atoms with E-state index >= 15 is 0 Å². The SMILES string of the molecule is O=C(Nc1cccc(Cl)c1)c1ccc(C#CCO)cc1. The van der Waals surface area contributed by atoms with E-state index in [4.69, 9.17) is 16.7 Å². The molecule has 0 radical (unpaired) electrons. The minimum absolute atomic E-state index is 0.184. The molecule has 0 spiro atoms. The molecule has 2 aromatic rings. The van der Waals surface area contributed by atoms with Crippen molar-refractivity contribution in [3.8, 4) is 11.8 Å². The van der Waals surface area contributed by atoms with Crippen molar-refractivity contribution in [3.63, 3.8) is 0 Å². The fourth-order valence-corrected chi connectivity index (χ4v) is 1.81. The Morgan fingerprint density at radius 1 is 1.20 bits per heavy atom. The molecule has 0 aromatic heterocycles. The van der Waals surface area contributed by atoms with Crippen LogP contribution >= 0.6 is 11.6 Å². The van der Waals surface area contributed by atoms with Gasteiger partial charge in [0.15, 0.2) is 0 Å². The average Bonchev–Trinajstić information content (AvgIpc) is 2.45. The maximum absolute atomic E-state index is 12.0. The number of aliphatic hydroxyl groups excluding tert-OH is 1. The molecule has 2 rings (SSSR count). The quantitative estimate of drug-likeness (QED) is 0.834. The average molecular weight is 286 g/mol. The molecule has 0 saturated carbocycles. The van der Waals surface area contributed by atoms with Crippen molar-refractivity contribution < 1.29 is 9.90 Å². The summed E-state index contributed by atoms with van der Waals surface area (Å²) in [6.07, 6.45) is 0. The summed E-state index contributed by atoms with van der Waals surface area (Å²) in [5.41, 5.74) is 1.92. The molecule has 0 saturated heterocycles. The lowest BCUT2D eigenvalue weighted by atomic mass is 10.1. The zero-order valence-corrected chi connectivity index (χ0v) is 11.3. The molecule has 0 aliphatic heterocycles. The molecule has 0 heterocycles. The van der Waals surface area contributed by atoms with E-state index < -0.39 is 0 Å². The fourth-order valence-electron chi connectivity index (χ4n) is 1.62. The monoisotopic (exact) mass is 285 g/mol. The Morgan fingerprint density at radius 3 is 2.60 bits per heavy atom. The predicted molar refractivity (Wildman–Crippen MR) is 79.8 cm³/mol. The van der Waals surface area contributed by atoms with Gasteiger partial charge in [-0.2, -0.15) is 0 Å². The van der Waals surface area contributed by atoms with Gasteiger partial charge in [-0.25, -0.2) is 0 Å². The first-order valence-corrected chi connectivity index (χ1v) is 6.33. The number of nitrogens with one attached hydrogen (secondary N) is 1. The van der Waals surface area contributed by atoms with E-state index in [1.807, 2.05) is 0 Å². The fraction of sp³-hybridized carbons (Fsp3) is 0.0625. The maximum Gasteiger partial charge on any atom is 0.255 e. The Kier molecular flexibility index (Phi) is 4.78. The van der Waals surface area contributed by atoms with Crippen molar-refractivity contribution in [2.45, 2.75) is 0 Å². The number of carbonyl (C=O) groups excluding carboxylic acids is 1. The first-order valence-electron chi connectivity index (χ1n) is 5.96. The molecule has 0 aliphatic rings. The summed E-state index contributed by atoms with van der Waals surface area (Å²) in [5.74, 6) is 5.10. The van der Waals surface area contributed by atoms with Gasteiger partial charge in [-0.15, -0.1) is 0 Å². The summed E-state index contributed by atoms with van der Waals surface area (Å²) in [6, 6.07) is 13.8. The molecule has 3 nitrogen and oxygen atoms in total. The van der Waals surface area contributed by atoms with E-state index in [9.17, 15) is 4.79 Å². The molecule has 0 unspecified atom stereocenters. The van der Waals surface area contributed by atoms with Crippen LogP contribution in [0.4, 0.5) is 5.69 Å². The molecule has 2 aromatic carbocycles. The number of carbonyl (C=O) groups is 1. The molecule has 0 bridgehead atoms. The lowest BCUT2D eigenvalue weighted by Gasteiger charge is -2.05. The summed E-state index contributed by atoms with van der Waals surface area (Å²) < 4.78 is 0. The number of anilines is 1. The van der Waals surface area contributed by atoms with E-state index in [0.29, 0.717) is 16.3 Å². The molecule has 0 fully saturated rings. The summed E-state index contributed by atoms with van der Waals surface area (Å²) in [4.78, 5) is 12.0. The van der Waals surface area contributed by atoms with Crippen LogP contribution in [0, 0.1) is 11.8 Å². The van der Waals surface area contributed by atoms with Crippen LogP contribution in [-0.2, 0) is 0 Å². The van der Waals surface area contributed by atoms with Gasteiger partial charge in [0.25, 0.3) is 5.91 Å². The highest BCUT2D eigenvalue weighted by Crippen LogP contribution is 2.16. The van der Waals surface area contributed by atoms with Crippen LogP contribution in [0.25, 0.3) is 0 Å². The number of hydrogen-bond acceptors (Lipinski definition) is 2. The van der Waals surface area contributed by atoms with Crippen molar-refractivity contribution in [2.24, 2.45) is 0 Å². The van der Waals surface area contributed by atoms with Crippen molar-refractivity contribution >= 4 is 23.2 Å². The van der Waals surface area contributed by atoms with Crippen molar-refractivity contribution in [2.75, 3.05) is 11.9 Å². The van der Waals surface area contributed by atoms with Crippen LogP contribution in [0.5, 0.6) is 0 Å². The number of amides is 1. The summed E-state index contributed by atoms with van der Waals surface area (Å²) in [7, 11) is 0. The Labute approximate surface area is 122 Å². The molecular formula is C16H12ClNO2. The number of hydrogen-bond donors (Lipinski definition) is 2. The maximum atomic E-state index is 12.0. The molecule has 1 amide bonds. The predicted octanol–water partition coefficient (Wildman–Crippen LogP) is 2.94. The van der Waals surface area contributed by atoms with Gasteiger partial charge in [0.2, 0.25) is 0 Å². The molecular weight excluding hydrogens is 274 g/mol. The topological polar surface area (TPSA) is 49.3 Å². The van der Waals surface area contributed by atoms with Crippen LogP contribution in [-0.4, -0.2) is 17.6 Å². The highest BCUT2D eigenvalue weighted by atomic mass is 35.5. The standard InChI is InChI=1S/C16H12ClNO2/c17-14-4-1-5-15(11-14)18-16(20)13-8-6-12(7-9-13)3-2-10-19/h1,4-9,11,19H,10H2,(H,18,20). The third kappa shape index (κ3) is 3.86. The summed E-state index contributed by atoms with van der Waals surface area (Å²) in [6.45, 7) is -0.184. The van der Waals surface area contributed by atoms with Crippen molar-refractivity contribution in [1.29, 1.82) is 0 Å². The van der Waals surface area contributed by atoms with Gasteiger partial charge in [-0.3, -0.25) is 4.79 Å². The van der Waals surface area contributed by atoms with Gasteiger partial charge in [-0.05, 0) is 42.5 Å². The van der Waals surface area contributed by atoms with Gasteiger partial charge in [-0.1, -0.05) is 29.5 Å². The second-order valence-corrected chi connectivity index (χ2v) is 4.44. The second kappa shape index (κ2) is 6.76. The first kappa shape index (κ1) is 14.1. The molecule has 4 heteroatoms. The number of rotatable bonds is 2. The lowest BCUT2D eigenvalue weighted by molar-refractivity contribution is 0.102. The number of halogens is 1. The summed E-state index contributed by atoms with van der Waals surface area (Å²) in [5, 5.41) is 11.9.